The molecule has 0 spiro atoms. The number of hydrogen-bond acceptors (Lipinski definition) is 2. The minimum Gasteiger partial charge on any atom is -0.480 e. The van der Waals surface area contributed by atoms with E-state index in [1.54, 1.807) is 0 Å². The van der Waals surface area contributed by atoms with Gasteiger partial charge in [0.2, 0.25) is 0 Å². The van der Waals surface area contributed by atoms with Crippen molar-refractivity contribution in [1.82, 2.24) is 5.32 Å². The molecule has 0 saturated heterocycles. The molecule has 1 aliphatic carbocycles. The molecule has 0 unspecified atom stereocenters. The van der Waals surface area contributed by atoms with Crippen LogP contribution in [0.3, 0.4) is 0 Å². The van der Waals surface area contributed by atoms with Crippen molar-refractivity contribution in [2.45, 2.75) is 38.1 Å². The summed E-state index contributed by atoms with van der Waals surface area (Å²) in [6.45, 7) is 2.07. The maximum atomic E-state index is 13.1. The normalized spacial score (nSPS) is 26.0. The Bertz CT molecular complexity index is 522. The standard InChI is InChI=1S/C15H18FNO3/c1-10-5-7-15(8-6-10,14(19)20)17-13(18)11-3-2-4-12(16)9-11/h2-4,9-10H,5-8H2,1H3,(H,17,18)(H,19,20). The SMILES string of the molecule is CC1CCC(NC(=O)c2cccc(F)c2)(C(=O)O)CC1. The van der Waals surface area contributed by atoms with Crippen molar-refractivity contribution >= 4 is 11.9 Å². The van der Waals surface area contributed by atoms with Crippen LogP contribution in [0.2, 0.25) is 0 Å². The monoisotopic (exact) mass is 279 g/mol. The van der Waals surface area contributed by atoms with E-state index < -0.39 is 23.2 Å². The summed E-state index contributed by atoms with van der Waals surface area (Å²) in [6.07, 6.45) is 2.33. The zero-order chi connectivity index (χ0) is 14.8. The number of carboxylic acid groups (broad SMARTS) is 1. The molecule has 1 aliphatic rings. The molecule has 0 radical (unpaired) electrons. The summed E-state index contributed by atoms with van der Waals surface area (Å²) >= 11 is 0. The quantitative estimate of drug-likeness (QED) is 0.893. The average Bonchev–Trinajstić information content (AvgIpc) is 2.41. The Labute approximate surface area is 117 Å². The number of benzene rings is 1. The van der Waals surface area contributed by atoms with Gasteiger partial charge < -0.3 is 10.4 Å². The number of amides is 1. The fourth-order valence-corrected chi connectivity index (χ4v) is 2.57. The van der Waals surface area contributed by atoms with Crippen LogP contribution in [0.5, 0.6) is 0 Å². The maximum Gasteiger partial charge on any atom is 0.329 e. The molecule has 2 rings (SSSR count). The first kappa shape index (κ1) is 14.5. The predicted molar refractivity (Wildman–Crippen MR) is 71.9 cm³/mol. The summed E-state index contributed by atoms with van der Waals surface area (Å²) < 4.78 is 13.1. The lowest BCUT2D eigenvalue weighted by Crippen LogP contribution is -2.56. The van der Waals surface area contributed by atoms with E-state index in [1.807, 2.05) is 0 Å². The van der Waals surface area contributed by atoms with Crippen LogP contribution in [0.25, 0.3) is 0 Å². The highest BCUT2D eigenvalue weighted by Gasteiger charge is 2.42. The van der Waals surface area contributed by atoms with Gasteiger partial charge >= 0.3 is 5.97 Å². The zero-order valence-electron chi connectivity index (χ0n) is 11.4. The molecule has 0 aliphatic heterocycles. The van der Waals surface area contributed by atoms with Gasteiger partial charge in [-0.15, -0.1) is 0 Å². The molecule has 1 aromatic rings. The van der Waals surface area contributed by atoms with Crippen LogP contribution in [-0.2, 0) is 4.79 Å². The maximum absolute atomic E-state index is 13.1. The number of nitrogens with one attached hydrogen (secondary N) is 1. The van der Waals surface area contributed by atoms with Crippen molar-refractivity contribution in [1.29, 1.82) is 0 Å². The second-order valence-corrected chi connectivity index (χ2v) is 5.53. The smallest absolute Gasteiger partial charge is 0.329 e. The summed E-state index contributed by atoms with van der Waals surface area (Å²) in [5.41, 5.74) is -1.08. The molecule has 20 heavy (non-hydrogen) atoms. The van der Waals surface area contributed by atoms with Crippen molar-refractivity contribution in [3.63, 3.8) is 0 Å². The Morgan fingerprint density at radius 2 is 2.00 bits per heavy atom. The van der Waals surface area contributed by atoms with Gasteiger partial charge in [-0.2, -0.15) is 0 Å². The second-order valence-electron chi connectivity index (χ2n) is 5.53. The number of carboxylic acids is 1. The number of carbonyl (C=O) groups excluding carboxylic acids is 1. The summed E-state index contributed by atoms with van der Waals surface area (Å²) in [4.78, 5) is 23.6. The Morgan fingerprint density at radius 3 is 2.55 bits per heavy atom. The molecule has 1 fully saturated rings. The van der Waals surface area contributed by atoms with Crippen molar-refractivity contribution < 1.29 is 19.1 Å². The number of hydrogen-bond donors (Lipinski definition) is 2. The molecular weight excluding hydrogens is 261 g/mol. The molecule has 2 N–H and O–H groups in total. The third-order valence-electron chi connectivity index (χ3n) is 3.98. The molecule has 1 saturated carbocycles. The van der Waals surface area contributed by atoms with E-state index >= 15 is 0 Å². The molecule has 0 atom stereocenters. The summed E-state index contributed by atoms with van der Waals surface area (Å²) in [6, 6.07) is 5.25. The molecule has 1 amide bonds. The molecular formula is C15H18FNO3. The lowest BCUT2D eigenvalue weighted by Gasteiger charge is -2.36. The van der Waals surface area contributed by atoms with Crippen LogP contribution in [0.15, 0.2) is 24.3 Å². The van der Waals surface area contributed by atoms with Crippen LogP contribution in [-0.4, -0.2) is 22.5 Å². The third kappa shape index (κ3) is 2.98. The van der Waals surface area contributed by atoms with Gasteiger partial charge in [-0.3, -0.25) is 4.79 Å². The Kier molecular flexibility index (Phi) is 4.06. The van der Waals surface area contributed by atoms with E-state index in [0.717, 1.165) is 18.9 Å². The molecule has 4 nitrogen and oxygen atoms in total. The summed E-state index contributed by atoms with van der Waals surface area (Å²) in [5.74, 6) is -1.61. The van der Waals surface area contributed by atoms with Gasteiger partial charge in [0.1, 0.15) is 11.4 Å². The largest absolute Gasteiger partial charge is 0.480 e. The number of aliphatic carboxylic acids is 1. The fourth-order valence-electron chi connectivity index (χ4n) is 2.57. The zero-order valence-corrected chi connectivity index (χ0v) is 11.4. The topological polar surface area (TPSA) is 66.4 Å². The van der Waals surface area contributed by atoms with Gasteiger partial charge in [-0.05, 0) is 49.8 Å². The van der Waals surface area contributed by atoms with Gasteiger partial charge in [0.15, 0.2) is 0 Å². The minimum atomic E-state index is -1.23. The third-order valence-corrected chi connectivity index (χ3v) is 3.98. The lowest BCUT2D eigenvalue weighted by molar-refractivity contribution is -0.146. The number of rotatable bonds is 3. The van der Waals surface area contributed by atoms with E-state index in [0.29, 0.717) is 18.8 Å². The molecule has 108 valence electrons. The van der Waals surface area contributed by atoms with E-state index in [2.05, 4.69) is 12.2 Å². The average molecular weight is 279 g/mol. The predicted octanol–water partition coefficient (Wildman–Crippen LogP) is 2.59. The van der Waals surface area contributed by atoms with Crippen molar-refractivity contribution in [3.05, 3.63) is 35.6 Å². The fraction of sp³-hybridized carbons (Fsp3) is 0.467. The van der Waals surface area contributed by atoms with Crippen LogP contribution >= 0.6 is 0 Å². The molecule has 0 aromatic heterocycles. The van der Waals surface area contributed by atoms with Crippen LogP contribution in [0, 0.1) is 11.7 Å². The number of carbonyl (C=O) groups is 2. The second kappa shape index (κ2) is 5.61. The van der Waals surface area contributed by atoms with Crippen molar-refractivity contribution in [3.8, 4) is 0 Å². The van der Waals surface area contributed by atoms with E-state index in [1.165, 1.54) is 18.2 Å². The molecule has 0 heterocycles. The first-order valence-electron chi connectivity index (χ1n) is 6.74. The highest BCUT2D eigenvalue weighted by molar-refractivity contribution is 5.97. The Hall–Kier alpha value is -1.91. The van der Waals surface area contributed by atoms with Crippen molar-refractivity contribution in [2.24, 2.45) is 5.92 Å². The first-order chi connectivity index (χ1) is 9.43. The van der Waals surface area contributed by atoms with Gasteiger partial charge in [-0.1, -0.05) is 13.0 Å². The molecule has 1 aromatic carbocycles. The van der Waals surface area contributed by atoms with E-state index in [-0.39, 0.29) is 5.56 Å². The van der Waals surface area contributed by atoms with Crippen LogP contribution in [0.1, 0.15) is 43.0 Å². The van der Waals surface area contributed by atoms with Gasteiger partial charge in [0.25, 0.3) is 5.91 Å². The minimum absolute atomic E-state index is 0.143. The summed E-state index contributed by atoms with van der Waals surface area (Å²) in [7, 11) is 0. The van der Waals surface area contributed by atoms with Gasteiger partial charge in [0, 0.05) is 5.56 Å². The highest BCUT2D eigenvalue weighted by atomic mass is 19.1. The Morgan fingerprint density at radius 1 is 1.35 bits per heavy atom. The number of halogens is 1. The van der Waals surface area contributed by atoms with Crippen molar-refractivity contribution in [2.75, 3.05) is 0 Å². The van der Waals surface area contributed by atoms with Crippen LogP contribution < -0.4 is 5.32 Å². The van der Waals surface area contributed by atoms with Crippen LogP contribution in [0.4, 0.5) is 4.39 Å². The molecule has 5 heteroatoms. The molecule has 0 bridgehead atoms. The van der Waals surface area contributed by atoms with E-state index in [9.17, 15) is 19.1 Å². The highest BCUT2D eigenvalue weighted by Crippen LogP contribution is 2.32. The van der Waals surface area contributed by atoms with E-state index in [4.69, 9.17) is 0 Å². The summed E-state index contributed by atoms with van der Waals surface area (Å²) in [5, 5.41) is 12.0. The van der Waals surface area contributed by atoms with Gasteiger partial charge in [-0.25, -0.2) is 9.18 Å². The first-order valence-corrected chi connectivity index (χ1v) is 6.74. The van der Waals surface area contributed by atoms with Gasteiger partial charge in [0.05, 0.1) is 0 Å². The lowest BCUT2D eigenvalue weighted by atomic mass is 9.77. The Balaban J connectivity index is 2.17.